The van der Waals surface area contributed by atoms with Crippen LogP contribution in [-0.4, -0.2) is 20.7 Å². The Labute approximate surface area is 266 Å². The molecule has 0 amide bonds. The van der Waals surface area contributed by atoms with Crippen LogP contribution >= 0.6 is 0 Å². The maximum absolute atomic E-state index is 14.2. The molecule has 4 nitrogen and oxygen atoms in total. The molecule has 0 aliphatic heterocycles. The van der Waals surface area contributed by atoms with Crippen molar-refractivity contribution in [3.05, 3.63) is 154 Å². The van der Waals surface area contributed by atoms with Gasteiger partial charge in [-0.2, -0.15) is 0 Å². The van der Waals surface area contributed by atoms with Crippen LogP contribution < -0.4 is 0 Å². The van der Waals surface area contributed by atoms with Gasteiger partial charge in [0.1, 0.15) is 0 Å². The van der Waals surface area contributed by atoms with Gasteiger partial charge in [-0.15, -0.1) is 0 Å². The van der Waals surface area contributed by atoms with E-state index in [4.69, 9.17) is 0 Å². The Bertz CT molecular complexity index is 2480. The molecule has 0 spiro atoms. The third kappa shape index (κ3) is 3.44. The third-order valence-corrected chi connectivity index (χ3v) is 9.95. The number of aryl methyl sites for hydroxylation is 4. The van der Waals surface area contributed by atoms with Crippen molar-refractivity contribution in [3.63, 3.8) is 0 Å². The van der Waals surface area contributed by atoms with Crippen LogP contribution in [0.3, 0.4) is 0 Å². The summed E-state index contributed by atoms with van der Waals surface area (Å²) in [6.45, 7) is 8.53. The molecule has 0 N–H and O–H groups in total. The predicted molar refractivity (Wildman–Crippen MR) is 187 cm³/mol. The molecule has 2 heterocycles. The van der Waals surface area contributed by atoms with E-state index >= 15 is 0 Å². The third-order valence-electron chi connectivity index (χ3n) is 9.95. The lowest BCUT2D eigenvalue weighted by molar-refractivity contribution is 0.0979. The summed E-state index contributed by atoms with van der Waals surface area (Å²) in [4.78, 5) is 28.4. The van der Waals surface area contributed by atoms with Crippen LogP contribution in [0.1, 0.15) is 54.1 Å². The van der Waals surface area contributed by atoms with Crippen LogP contribution in [0.25, 0.3) is 55.0 Å². The number of fused-ring (bicyclic) bond motifs is 8. The molecule has 2 aromatic heterocycles. The molecule has 0 bridgehead atoms. The van der Waals surface area contributed by atoms with Gasteiger partial charge in [0.25, 0.3) is 0 Å². The highest BCUT2D eigenvalue weighted by molar-refractivity contribution is 6.29. The van der Waals surface area contributed by atoms with E-state index in [1.54, 1.807) is 0 Å². The predicted octanol–water partition coefficient (Wildman–Crippen LogP) is 9.89. The number of benzene rings is 6. The molecule has 0 atom stereocenters. The standard InChI is InChI=1S/C42H30N2O2/c1-23-13-15-25(3)39-37(23)31-9-5-7-11-35(31)43(39)27-17-19-29-33(21-27)41(45)30-20-18-28(22-34(30)42(29)46)44-36-12-8-6-10-32(36)38-24(2)14-16-26(4)40(38)44/h5-22H,1-4H3. The number of carbonyl (C=O) groups is 2. The molecule has 0 unspecified atom stereocenters. The summed E-state index contributed by atoms with van der Waals surface area (Å²) >= 11 is 0. The molecule has 1 aliphatic carbocycles. The summed E-state index contributed by atoms with van der Waals surface area (Å²) in [6.07, 6.45) is 0. The quantitative estimate of drug-likeness (QED) is 0.200. The number of nitrogens with zero attached hydrogens (tertiary/aromatic N) is 2. The van der Waals surface area contributed by atoms with Crippen LogP contribution in [0.15, 0.2) is 109 Å². The molecule has 8 aromatic rings. The molecule has 220 valence electrons. The normalized spacial score (nSPS) is 12.9. The van der Waals surface area contributed by atoms with Gasteiger partial charge in [-0.3, -0.25) is 9.59 Å². The van der Waals surface area contributed by atoms with Crippen LogP contribution in [0.4, 0.5) is 0 Å². The van der Waals surface area contributed by atoms with Crippen molar-refractivity contribution in [3.8, 4) is 11.4 Å². The Balaban J connectivity index is 1.23. The highest BCUT2D eigenvalue weighted by Gasteiger charge is 2.31. The minimum Gasteiger partial charge on any atom is -0.309 e. The summed E-state index contributed by atoms with van der Waals surface area (Å²) in [7, 11) is 0. The molecule has 0 saturated carbocycles. The van der Waals surface area contributed by atoms with Crippen LogP contribution in [0.5, 0.6) is 0 Å². The number of rotatable bonds is 2. The van der Waals surface area contributed by atoms with Gasteiger partial charge in [0.2, 0.25) is 0 Å². The molecular formula is C42H30N2O2. The van der Waals surface area contributed by atoms with Crippen molar-refractivity contribution in [2.24, 2.45) is 0 Å². The van der Waals surface area contributed by atoms with Gasteiger partial charge in [-0.25, -0.2) is 0 Å². The molecule has 4 heteroatoms. The van der Waals surface area contributed by atoms with Gasteiger partial charge < -0.3 is 9.13 Å². The van der Waals surface area contributed by atoms with Crippen molar-refractivity contribution >= 4 is 55.2 Å². The van der Waals surface area contributed by atoms with E-state index in [-0.39, 0.29) is 11.6 Å². The fourth-order valence-electron chi connectivity index (χ4n) is 7.79. The molecule has 9 rings (SSSR count). The fourth-order valence-corrected chi connectivity index (χ4v) is 7.79. The lowest BCUT2D eigenvalue weighted by atomic mass is 9.83. The van der Waals surface area contributed by atoms with Gasteiger partial charge in [0, 0.05) is 55.2 Å². The molecule has 0 fully saturated rings. The monoisotopic (exact) mass is 594 g/mol. The first-order valence-corrected chi connectivity index (χ1v) is 15.7. The van der Waals surface area contributed by atoms with E-state index in [0.29, 0.717) is 22.3 Å². The van der Waals surface area contributed by atoms with Gasteiger partial charge in [0.15, 0.2) is 11.6 Å². The minimum absolute atomic E-state index is 0.124. The van der Waals surface area contributed by atoms with E-state index in [1.165, 1.54) is 32.7 Å². The van der Waals surface area contributed by atoms with Crippen LogP contribution in [0.2, 0.25) is 0 Å². The fraction of sp³-hybridized carbons (Fsp3) is 0.0952. The topological polar surface area (TPSA) is 44.0 Å². The smallest absolute Gasteiger partial charge is 0.194 e. The second-order valence-corrected chi connectivity index (χ2v) is 12.7. The average Bonchev–Trinajstić information content (AvgIpc) is 3.62. The highest BCUT2D eigenvalue weighted by atomic mass is 16.1. The first kappa shape index (κ1) is 26.6. The maximum atomic E-state index is 14.2. The van der Waals surface area contributed by atoms with Crippen LogP contribution in [-0.2, 0) is 0 Å². The molecule has 0 saturated heterocycles. The summed E-state index contributed by atoms with van der Waals surface area (Å²) in [5.74, 6) is -0.248. The zero-order valence-corrected chi connectivity index (χ0v) is 26.1. The highest BCUT2D eigenvalue weighted by Crippen LogP contribution is 2.39. The Morgan fingerprint density at radius 3 is 1.24 bits per heavy atom. The van der Waals surface area contributed by atoms with Crippen molar-refractivity contribution in [1.82, 2.24) is 9.13 Å². The second-order valence-electron chi connectivity index (χ2n) is 12.7. The second kappa shape index (κ2) is 9.38. The Kier molecular flexibility index (Phi) is 5.44. The summed E-state index contributed by atoms with van der Waals surface area (Å²) in [6, 6.07) is 36.8. The van der Waals surface area contributed by atoms with E-state index in [9.17, 15) is 9.59 Å². The Morgan fingerprint density at radius 1 is 0.413 bits per heavy atom. The average molecular weight is 595 g/mol. The lowest BCUT2D eigenvalue weighted by Gasteiger charge is -2.21. The van der Waals surface area contributed by atoms with E-state index in [0.717, 1.165) is 44.6 Å². The first-order chi connectivity index (χ1) is 22.3. The lowest BCUT2D eigenvalue weighted by Crippen LogP contribution is -2.21. The largest absolute Gasteiger partial charge is 0.309 e. The first-order valence-electron chi connectivity index (χ1n) is 15.7. The van der Waals surface area contributed by atoms with Crippen molar-refractivity contribution in [2.75, 3.05) is 0 Å². The molecular weight excluding hydrogens is 564 g/mol. The van der Waals surface area contributed by atoms with Gasteiger partial charge in [-0.05, 0) is 98.5 Å². The van der Waals surface area contributed by atoms with E-state index < -0.39 is 0 Å². The number of hydrogen-bond donors (Lipinski definition) is 0. The summed E-state index contributed by atoms with van der Waals surface area (Å²) < 4.78 is 4.46. The summed E-state index contributed by atoms with van der Waals surface area (Å²) in [5.41, 5.74) is 12.7. The zero-order valence-electron chi connectivity index (χ0n) is 26.1. The van der Waals surface area contributed by atoms with Gasteiger partial charge in [-0.1, -0.05) is 60.7 Å². The Hall–Kier alpha value is -5.74. The van der Waals surface area contributed by atoms with Crippen molar-refractivity contribution in [2.45, 2.75) is 27.7 Å². The van der Waals surface area contributed by atoms with E-state index in [2.05, 4.69) is 97.5 Å². The number of hydrogen-bond acceptors (Lipinski definition) is 2. The van der Waals surface area contributed by atoms with Crippen molar-refractivity contribution in [1.29, 1.82) is 0 Å². The number of para-hydroxylation sites is 2. The Morgan fingerprint density at radius 2 is 0.804 bits per heavy atom. The molecule has 1 aliphatic rings. The molecule has 46 heavy (non-hydrogen) atoms. The van der Waals surface area contributed by atoms with Crippen molar-refractivity contribution < 1.29 is 9.59 Å². The molecule has 0 radical (unpaired) electrons. The number of carbonyl (C=O) groups excluding carboxylic acids is 2. The van der Waals surface area contributed by atoms with E-state index in [1.807, 2.05) is 48.5 Å². The van der Waals surface area contributed by atoms with Gasteiger partial charge in [0.05, 0.1) is 22.1 Å². The van der Waals surface area contributed by atoms with Gasteiger partial charge >= 0.3 is 0 Å². The zero-order chi connectivity index (χ0) is 31.4. The van der Waals surface area contributed by atoms with Crippen LogP contribution in [0, 0.1) is 27.7 Å². The maximum Gasteiger partial charge on any atom is 0.194 e. The SMILES string of the molecule is Cc1ccc(C)c2c1c1ccccc1n2-c1ccc2c(c1)C(=O)c1ccc(-n3c4ccccc4c4c(C)ccc(C)c43)cc1C2=O. The summed E-state index contributed by atoms with van der Waals surface area (Å²) in [5, 5.41) is 4.77. The minimum atomic E-state index is -0.124. The molecule has 6 aromatic carbocycles. The number of aromatic nitrogens is 2. The number of ketones is 2.